The Morgan fingerprint density at radius 2 is 1.89 bits per heavy atom. The maximum atomic E-state index is 12.9. The van der Waals surface area contributed by atoms with E-state index < -0.39 is 0 Å². The Hall–Kier alpha value is -1.89. The Labute approximate surface area is 173 Å². The SMILES string of the molecule is CC[C@@H]1S[C@H](c2ccc(OC)cc2)N(CCN(CC)C(=O)NC(C)(C)C)C1=O. The van der Waals surface area contributed by atoms with Crippen molar-refractivity contribution in [3.8, 4) is 5.75 Å². The first-order valence-corrected chi connectivity index (χ1v) is 10.8. The Balaban J connectivity index is 2.12. The van der Waals surface area contributed by atoms with Crippen LogP contribution in [-0.4, -0.2) is 59.3 Å². The van der Waals surface area contributed by atoms with Crippen molar-refractivity contribution in [2.75, 3.05) is 26.7 Å². The Bertz CT molecular complexity index is 672. The summed E-state index contributed by atoms with van der Waals surface area (Å²) >= 11 is 1.69. The van der Waals surface area contributed by atoms with Gasteiger partial charge < -0.3 is 19.9 Å². The second-order valence-corrected chi connectivity index (χ2v) is 9.24. The van der Waals surface area contributed by atoms with Gasteiger partial charge in [0.05, 0.1) is 12.4 Å². The number of carbonyl (C=O) groups is 2. The van der Waals surface area contributed by atoms with Crippen LogP contribution in [-0.2, 0) is 4.79 Å². The molecule has 1 aliphatic heterocycles. The van der Waals surface area contributed by atoms with E-state index >= 15 is 0 Å². The highest BCUT2D eigenvalue weighted by molar-refractivity contribution is 8.01. The monoisotopic (exact) mass is 407 g/mol. The fourth-order valence-electron chi connectivity index (χ4n) is 3.14. The van der Waals surface area contributed by atoms with Crippen molar-refractivity contribution in [3.05, 3.63) is 29.8 Å². The third-order valence-electron chi connectivity index (χ3n) is 4.67. The fourth-order valence-corrected chi connectivity index (χ4v) is 4.57. The number of nitrogens with one attached hydrogen (secondary N) is 1. The van der Waals surface area contributed by atoms with Crippen LogP contribution < -0.4 is 10.1 Å². The third kappa shape index (κ3) is 5.56. The average molecular weight is 408 g/mol. The zero-order chi connectivity index (χ0) is 20.9. The van der Waals surface area contributed by atoms with E-state index in [1.165, 1.54) is 0 Å². The molecule has 156 valence electrons. The van der Waals surface area contributed by atoms with Crippen LogP contribution in [0, 0.1) is 0 Å². The maximum Gasteiger partial charge on any atom is 0.317 e. The molecule has 7 heteroatoms. The predicted molar refractivity (Wildman–Crippen MR) is 115 cm³/mol. The molecule has 6 nitrogen and oxygen atoms in total. The number of thioether (sulfide) groups is 1. The van der Waals surface area contributed by atoms with Crippen LogP contribution in [0.15, 0.2) is 24.3 Å². The maximum absolute atomic E-state index is 12.9. The lowest BCUT2D eigenvalue weighted by Crippen LogP contribution is -2.50. The van der Waals surface area contributed by atoms with E-state index in [-0.39, 0.29) is 28.1 Å². The van der Waals surface area contributed by atoms with Crippen molar-refractivity contribution in [1.82, 2.24) is 15.1 Å². The van der Waals surface area contributed by atoms with Crippen molar-refractivity contribution in [2.45, 2.75) is 57.2 Å². The van der Waals surface area contributed by atoms with Gasteiger partial charge in [-0.3, -0.25) is 4.79 Å². The number of nitrogens with zero attached hydrogens (tertiary/aromatic N) is 2. The van der Waals surface area contributed by atoms with Crippen LogP contribution >= 0.6 is 11.8 Å². The molecule has 0 unspecified atom stereocenters. The highest BCUT2D eigenvalue weighted by atomic mass is 32.2. The summed E-state index contributed by atoms with van der Waals surface area (Å²) in [5.41, 5.74) is 0.792. The number of carbonyl (C=O) groups excluding carboxylic acids is 2. The molecule has 0 aliphatic carbocycles. The van der Waals surface area contributed by atoms with Crippen LogP contribution in [0.25, 0.3) is 0 Å². The molecular weight excluding hydrogens is 374 g/mol. The molecule has 1 aromatic rings. The van der Waals surface area contributed by atoms with Gasteiger partial charge in [-0.05, 0) is 51.8 Å². The fraction of sp³-hybridized carbons (Fsp3) is 0.619. The van der Waals surface area contributed by atoms with E-state index in [4.69, 9.17) is 4.74 Å². The molecule has 0 spiro atoms. The first kappa shape index (κ1) is 22.4. The van der Waals surface area contributed by atoms with Gasteiger partial charge >= 0.3 is 6.03 Å². The van der Waals surface area contributed by atoms with Crippen molar-refractivity contribution >= 4 is 23.7 Å². The lowest BCUT2D eigenvalue weighted by molar-refractivity contribution is -0.130. The summed E-state index contributed by atoms with van der Waals surface area (Å²) < 4.78 is 5.24. The molecular formula is C21H33N3O3S. The first-order chi connectivity index (χ1) is 13.2. The lowest BCUT2D eigenvalue weighted by Gasteiger charge is -2.30. The molecule has 0 saturated carbocycles. The van der Waals surface area contributed by atoms with Crippen molar-refractivity contribution < 1.29 is 14.3 Å². The molecule has 1 fully saturated rings. The molecule has 0 aromatic heterocycles. The highest BCUT2D eigenvalue weighted by Crippen LogP contribution is 2.44. The van der Waals surface area contributed by atoms with E-state index in [1.54, 1.807) is 23.8 Å². The Morgan fingerprint density at radius 3 is 2.39 bits per heavy atom. The van der Waals surface area contributed by atoms with Crippen molar-refractivity contribution in [3.63, 3.8) is 0 Å². The number of urea groups is 1. The predicted octanol–water partition coefficient (Wildman–Crippen LogP) is 3.88. The molecule has 1 aliphatic rings. The number of rotatable bonds is 7. The highest BCUT2D eigenvalue weighted by Gasteiger charge is 2.40. The van der Waals surface area contributed by atoms with Crippen molar-refractivity contribution in [1.29, 1.82) is 0 Å². The number of benzene rings is 1. The quantitative estimate of drug-likeness (QED) is 0.745. The minimum Gasteiger partial charge on any atom is -0.497 e. The summed E-state index contributed by atoms with van der Waals surface area (Å²) in [6, 6.07) is 7.78. The van der Waals surface area contributed by atoms with Gasteiger partial charge in [-0.2, -0.15) is 0 Å². The van der Waals surface area contributed by atoms with Gasteiger partial charge in [0.2, 0.25) is 5.91 Å². The normalized spacial score (nSPS) is 19.6. The minimum atomic E-state index is -0.289. The average Bonchev–Trinajstić information content (AvgIpc) is 2.96. The van der Waals surface area contributed by atoms with Gasteiger partial charge in [0.1, 0.15) is 11.1 Å². The van der Waals surface area contributed by atoms with Gasteiger partial charge in [0.15, 0.2) is 0 Å². The number of amides is 3. The van der Waals surface area contributed by atoms with Crippen LogP contribution in [0.5, 0.6) is 5.75 Å². The van der Waals surface area contributed by atoms with Gasteiger partial charge in [-0.15, -0.1) is 11.8 Å². The van der Waals surface area contributed by atoms with Gasteiger partial charge in [0, 0.05) is 25.2 Å². The molecule has 28 heavy (non-hydrogen) atoms. The zero-order valence-electron chi connectivity index (χ0n) is 17.8. The third-order valence-corrected chi connectivity index (χ3v) is 6.32. The second kappa shape index (κ2) is 9.54. The van der Waals surface area contributed by atoms with Crippen molar-refractivity contribution in [2.24, 2.45) is 0 Å². The lowest BCUT2D eigenvalue weighted by atomic mass is 10.1. The first-order valence-electron chi connectivity index (χ1n) is 9.87. The van der Waals surface area contributed by atoms with E-state index in [1.807, 2.05) is 63.8 Å². The zero-order valence-corrected chi connectivity index (χ0v) is 18.6. The van der Waals surface area contributed by atoms with E-state index in [0.717, 1.165) is 17.7 Å². The molecule has 0 bridgehead atoms. The second-order valence-electron chi connectivity index (χ2n) is 7.95. The van der Waals surface area contributed by atoms with Gasteiger partial charge in [-0.25, -0.2) is 4.79 Å². The molecule has 1 N–H and O–H groups in total. The molecule has 0 radical (unpaired) electrons. The summed E-state index contributed by atoms with van der Waals surface area (Å²) in [5.74, 6) is 0.952. The summed E-state index contributed by atoms with van der Waals surface area (Å²) in [7, 11) is 1.64. The molecule has 1 aromatic carbocycles. The van der Waals surface area contributed by atoms with Gasteiger partial charge in [-0.1, -0.05) is 19.1 Å². The Kier molecular flexibility index (Phi) is 7.63. The van der Waals surface area contributed by atoms with E-state index in [0.29, 0.717) is 19.6 Å². The topological polar surface area (TPSA) is 61.9 Å². The number of methoxy groups -OCH3 is 1. The Morgan fingerprint density at radius 1 is 1.25 bits per heavy atom. The van der Waals surface area contributed by atoms with Gasteiger partial charge in [0.25, 0.3) is 0 Å². The summed E-state index contributed by atoms with van der Waals surface area (Å²) in [5, 5.41) is 2.93. The molecule has 3 amide bonds. The van der Waals surface area contributed by atoms with Crippen LogP contribution in [0.4, 0.5) is 4.79 Å². The van der Waals surface area contributed by atoms with E-state index in [9.17, 15) is 9.59 Å². The largest absolute Gasteiger partial charge is 0.497 e. The standard InChI is InChI=1S/C21H33N3O3S/c1-7-17-18(25)24(14-13-23(8-2)20(26)22-21(3,4)5)19(28-17)15-9-11-16(27-6)12-10-15/h9-12,17,19H,7-8,13-14H2,1-6H3,(H,22,26)/t17-,19+/m0/s1. The molecule has 2 rings (SSSR count). The number of likely N-dealkylation sites (N-methyl/N-ethyl adjacent to an activating group) is 1. The smallest absolute Gasteiger partial charge is 0.317 e. The summed E-state index contributed by atoms with van der Waals surface area (Å²) in [6.45, 7) is 11.5. The number of hydrogen-bond acceptors (Lipinski definition) is 4. The minimum absolute atomic E-state index is 0.0345. The summed E-state index contributed by atoms with van der Waals surface area (Å²) in [6.07, 6.45) is 0.800. The van der Waals surface area contributed by atoms with Crippen LogP contribution in [0.2, 0.25) is 0 Å². The molecule has 2 atom stereocenters. The summed E-state index contributed by atoms with van der Waals surface area (Å²) in [4.78, 5) is 29.1. The molecule has 1 heterocycles. The van der Waals surface area contributed by atoms with Crippen LogP contribution in [0.3, 0.4) is 0 Å². The van der Waals surface area contributed by atoms with Crippen LogP contribution in [0.1, 0.15) is 52.0 Å². The number of hydrogen-bond donors (Lipinski definition) is 1. The van der Waals surface area contributed by atoms with E-state index in [2.05, 4.69) is 5.32 Å². The number of ether oxygens (including phenoxy) is 1. The molecule has 1 saturated heterocycles.